The Morgan fingerprint density at radius 1 is 1.00 bits per heavy atom. The number of rotatable bonds is 6. The molecule has 1 fully saturated rings. The van der Waals surface area contributed by atoms with Crippen LogP contribution < -0.4 is 4.74 Å². The van der Waals surface area contributed by atoms with Crippen LogP contribution in [0.2, 0.25) is 0 Å². The quantitative estimate of drug-likeness (QED) is 0.419. The summed E-state index contributed by atoms with van der Waals surface area (Å²) < 4.78 is 31.3. The number of unbranched alkanes of at least 4 members (excludes halogenated alkanes) is 1. The normalized spacial score (nSPS) is 19.7. The highest BCUT2D eigenvalue weighted by atomic mass is 19.2. The van der Waals surface area contributed by atoms with E-state index in [1.165, 1.54) is 56.6 Å². The molecule has 0 aliphatic heterocycles. The Labute approximate surface area is 159 Å². The van der Waals surface area contributed by atoms with E-state index in [0.717, 1.165) is 18.1 Å². The summed E-state index contributed by atoms with van der Waals surface area (Å²) in [5, 5.41) is 0. The summed E-state index contributed by atoms with van der Waals surface area (Å²) in [7, 11) is 0. The zero-order chi connectivity index (χ0) is 19.2. The fourth-order valence-electron chi connectivity index (χ4n) is 3.87. The molecule has 1 aliphatic rings. The highest BCUT2D eigenvalue weighted by Gasteiger charge is 2.22. The van der Waals surface area contributed by atoms with Gasteiger partial charge < -0.3 is 4.74 Å². The molecule has 0 aromatic heterocycles. The number of esters is 1. The number of hydrogen-bond donors (Lipinski definition) is 0. The van der Waals surface area contributed by atoms with Crippen LogP contribution in [0.4, 0.5) is 8.78 Å². The van der Waals surface area contributed by atoms with Gasteiger partial charge >= 0.3 is 5.97 Å². The molecule has 2 aromatic rings. The number of hydrogen-bond acceptors (Lipinski definition) is 2. The van der Waals surface area contributed by atoms with E-state index in [9.17, 15) is 13.6 Å². The largest absolute Gasteiger partial charge is 0.423 e. The molecule has 0 bridgehead atoms. The molecular weight excluding hydrogens is 346 g/mol. The lowest BCUT2D eigenvalue weighted by Crippen LogP contribution is -2.14. The number of carbonyl (C=O) groups is 1. The van der Waals surface area contributed by atoms with Gasteiger partial charge in [-0.25, -0.2) is 13.6 Å². The van der Waals surface area contributed by atoms with Gasteiger partial charge in [-0.05, 0) is 67.3 Å². The lowest BCUT2D eigenvalue weighted by atomic mass is 9.77. The summed E-state index contributed by atoms with van der Waals surface area (Å²) >= 11 is 0. The fourth-order valence-corrected chi connectivity index (χ4v) is 3.87. The van der Waals surface area contributed by atoms with E-state index < -0.39 is 17.6 Å². The van der Waals surface area contributed by atoms with Gasteiger partial charge in [-0.15, -0.1) is 0 Å². The van der Waals surface area contributed by atoms with Crippen molar-refractivity contribution in [2.75, 3.05) is 0 Å². The van der Waals surface area contributed by atoms with Crippen molar-refractivity contribution in [3.05, 3.63) is 65.2 Å². The predicted octanol–water partition coefficient (Wildman–Crippen LogP) is 6.65. The number of carbonyl (C=O) groups excluding carboxylic acids is 1. The zero-order valence-corrected chi connectivity index (χ0v) is 15.7. The van der Waals surface area contributed by atoms with Gasteiger partial charge in [0.2, 0.25) is 0 Å². The van der Waals surface area contributed by atoms with Gasteiger partial charge in [-0.2, -0.15) is 0 Å². The molecule has 4 heteroatoms. The standard InChI is InChI=1S/C23H26F2O2/c1-2-3-4-16-5-7-17(8-6-16)18-9-11-19(12-10-18)23(26)27-20-13-14-21(24)22(25)15-20/h9-17H,2-8H2,1H3. The van der Waals surface area contributed by atoms with Crippen LogP contribution in [0.1, 0.15) is 73.7 Å². The third-order valence-corrected chi connectivity index (χ3v) is 5.53. The summed E-state index contributed by atoms with van der Waals surface area (Å²) in [5.41, 5.74) is 1.66. The third kappa shape index (κ3) is 5.15. The van der Waals surface area contributed by atoms with Crippen LogP contribution in [-0.2, 0) is 0 Å². The molecule has 2 aromatic carbocycles. The Morgan fingerprint density at radius 3 is 2.33 bits per heavy atom. The first kappa shape index (κ1) is 19.5. The van der Waals surface area contributed by atoms with Crippen LogP contribution in [0.15, 0.2) is 42.5 Å². The Morgan fingerprint density at radius 2 is 1.70 bits per heavy atom. The molecule has 0 heterocycles. The van der Waals surface area contributed by atoms with E-state index in [-0.39, 0.29) is 5.75 Å². The van der Waals surface area contributed by atoms with E-state index in [0.29, 0.717) is 11.5 Å². The smallest absolute Gasteiger partial charge is 0.343 e. The predicted molar refractivity (Wildman–Crippen MR) is 102 cm³/mol. The van der Waals surface area contributed by atoms with Crippen molar-refractivity contribution in [1.29, 1.82) is 0 Å². The van der Waals surface area contributed by atoms with Gasteiger partial charge in [0.15, 0.2) is 11.6 Å². The summed E-state index contributed by atoms with van der Waals surface area (Å²) in [6, 6.07) is 10.5. The Kier molecular flexibility index (Phi) is 6.59. The van der Waals surface area contributed by atoms with E-state index >= 15 is 0 Å². The van der Waals surface area contributed by atoms with Gasteiger partial charge in [-0.3, -0.25) is 0 Å². The molecule has 27 heavy (non-hydrogen) atoms. The van der Waals surface area contributed by atoms with Crippen molar-refractivity contribution in [1.82, 2.24) is 0 Å². The Bertz CT molecular complexity index is 762. The van der Waals surface area contributed by atoms with Crippen LogP contribution in [0, 0.1) is 17.6 Å². The zero-order valence-electron chi connectivity index (χ0n) is 15.7. The maximum Gasteiger partial charge on any atom is 0.343 e. The van der Waals surface area contributed by atoms with E-state index in [1.54, 1.807) is 12.1 Å². The van der Waals surface area contributed by atoms with E-state index in [4.69, 9.17) is 4.74 Å². The molecule has 0 N–H and O–H groups in total. The first-order chi connectivity index (χ1) is 13.1. The van der Waals surface area contributed by atoms with Crippen LogP contribution in [-0.4, -0.2) is 5.97 Å². The first-order valence-electron chi connectivity index (χ1n) is 9.84. The average molecular weight is 372 g/mol. The van der Waals surface area contributed by atoms with E-state index in [1.807, 2.05) is 12.1 Å². The van der Waals surface area contributed by atoms with Gasteiger partial charge in [0, 0.05) is 6.07 Å². The van der Waals surface area contributed by atoms with Crippen molar-refractivity contribution in [3.63, 3.8) is 0 Å². The fraction of sp³-hybridized carbons (Fsp3) is 0.435. The van der Waals surface area contributed by atoms with Crippen molar-refractivity contribution >= 4 is 5.97 Å². The second-order valence-electron chi connectivity index (χ2n) is 7.45. The highest BCUT2D eigenvalue weighted by Crippen LogP contribution is 2.37. The molecule has 0 amide bonds. The third-order valence-electron chi connectivity index (χ3n) is 5.53. The summed E-state index contributed by atoms with van der Waals surface area (Å²) in [5.74, 6) is -1.16. The maximum absolute atomic E-state index is 13.2. The summed E-state index contributed by atoms with van der Waals surface area (Å²) in [6.07, 6.45) is 8.90. The van der Waals surface area contributed by atoms with E-state index in [2.05, 4.69) is 6.92 Å². The second kappa shape index (κ2) is 9.12. The Hall–Kier alpha value is -2.23. The topological polar surface area (TPSA) is 26.3 Å². The van der Waals surface area contributed by atoms with Crippen LogP contribution in [0.3, 0.4) is 0 Å². The molecule has 0 saturated heterocycles. The van der Waals surface area contributed by atoms with Crippen LogP contribution in [0.5, 0.6) is 5.75 Å². The number of halogens is 2. The SMILES string of the molecule is CCCCC1CCC(c2ccc(C(=O)Oc3ccc(F)c(F)c3)cc2)CC1. The lowest BCUT2D eigenvalue weighted by Gasteiger charge is -2.28. The van der Waals surface area contributed by atoms with Gasteiger partial charge in [0.1, 0.15) is 5.75 Å². The van der Waals surface area contributed by atoms with Gasteiger partial charge in [0.25, 0.3) is 0 Å². The van der Waals surface area contributed by atoms with Crippen LogP contribution >= 0.6 is 0 Å². The maximum atomic E-state index is 13.2. The lowest BCUT2D eigenvalue weighted by molar-refractivity contribution is 0.0734. The highest BCUT2D eigenvalue weighted by molar-refractivity contribution is 5.91. The van der Waals surface area contributed by atoms with Gasteiger partial charge in [-0.1, -0.05) is 38.3 Å². The molecule has 2 nitrogen and oxygen atoms in total. The molecule has 0 atom stereocenters. The molecule has 0 unspecified atom stereocenters. The second-order valence-corrected chi connectivity index (χ2v) is 7.45. The van der Waals surface area contributed by atoms with Crippen molar-refractivity contribution in [3.8, 4) is 5.75 Å². The monoisotopic (exact) mass is 372 g/mol. The Balaban J connectivity index is 1.57. The van der Waals surface area contributed by atoms with Crippen molar-refractivity contribution < 1.29 is 18.3 Å². The number of benzene rings is 2. The average Bonchev–Trinajstić information content (AvgIpc) is 2.70. The van der Waals surface area contributed by atoms with Crippen LogP contribution in [0.25, 0.3) is 0 Å². The first-order valence-corrected chi connectivity index (χ1v) is 9.84. The van der Waals surface area contributed by atoms with Crippen molar-refractivity contribution in [2.24, 2.45) is 5.92 Å². The minimum absolute atomic E-state index is 0.00613. The minimum atomic E-state index is -1.04. The molecule has 3 rings (SSSR count). The molecule has 0 radical (unpaired) electrons. The molecule has 1 aliphatic carbocycles. The number of ether oxygens (including phenoxy) is 1. The summed E-state index contributed by atoms with van der Waals surface area (Å²) in [4.78, 5) is 12.2. The minimum Gasteiger partial charge on any atom is -0.423 e. The molecule has 144 valence electrons. The van der Waals surface area contributed by atoms with Crippen molar-refractivity contribution in [2.45, 2.75) is 57.8 Å². The molecule has 0 spiro atoms. The summed E-state index contributed by atoms with van der Waals surface area (Å²) in [6.45, 7) is 2.24. The van der Waals surface area contributed by atoms with Gasteiger partial charge in [0.05, 0.1) is 5.56 Å². The molecule has 1 saturated carbocycles. The molecular formula is C23H26F2O2.